The molecule has 0 N–H and O–H groups in total. The van der Waals surface area contributed by atoms with Gasteiger partial charge in [0, 0.05) is 24.1 Å². The second-order valence-corrected chi connectivity index (χ2v) is 10.6. The number of hydrogen-bond donors (Lipinski definition) is 0. The lowest BCUT2D eigenvalue weighted by Gasteiger charge is -2.20. The molecule has 1 fully saturated rings. The molecular formula is C25H28N2O2S2. The molecule has 31 heavy (non-hydrogen) atoms. The van der Waals surface area contributed by atoms with Gasteiger partial charge in [-0.05, 0) is 37.8 Å². The number of aryl methyl sites for hydroxylation is 2. The molecule has 0 spiro atoms. The van der Waals surface area contributed by atoms with Crippen LogP contribution in [0.2, 0.25) is 0 Å². The monoisotopic (exact) mass is 452 g/mol. The maximum Gasteiger partial charge on any atom is 0.144 e. The second kappa shape index (κ2) is 9.96. The lowest BCUT2D eigenvalue weighted by molar-refractivity contribution is -0.123. The average molecular weight is 453 g/mol. The van der Waals surface area contributed by atoms with Crippen molar-refractivity contribution in [1.29, 1.82) is 0 Å². The molecule has 3 aromatic rings. The fraction of sp³-hybridized carbons (Fsp3) is 0.440. The first-order valence-electron chi connectivity index (χ1n) is 11.0. The number of benzene rings is 1. The van der Waals surface area contributed by atoms with Crippen LogP contribution >= 0.6 is 22.7 Å². The third-order valence-electron chi connectivity index (χ3n) is 5.87. The minimum atomic E-state index is 0.147. The summed E-state index contributed by atoms with van der Waals surface area (Å²) in [6.07, 6.45) is 6.87. The van der Waals surface area contributed by atoms with Gasteiger partial charge in [-0.2, -0.15) is 0 Å². The van der Waals surface area contributed by atoms with Crippen molar-refractivity contribution in [2.45, 2.75) is 65.2 Å². The largest absolute Gasteiger partial charge is 0.299 e. The van der Waals surface area contributed by atoms with Gasteiger partial charge < -0.3 is 0 Å². The van der Waals surface area contributed by atoms with Crippen LogP contribution in [-0.4, -0.2) is 21.5 Å². The number of carbonyl (C=O) groups is 2. The van der Waals surface area contributed by atoms with Crippen LogP contribution in [0.15, 0.2) is 29.6 Å². The topological polar surface area (TPSA) is 59.9 Å². The van der Waals surface area contributed by atoms with E-state index >= 15 is 0 Å². The SMILES string of the molecule is Cc1nc(C)c(-c2csc(CC(=O)Cc3cccc(CC(=O)C4CCCCC4)c3)n2)s1. The standard InChI is InChI=1S/C25H28N2O2S2/c1-16-25(31-17(2)26-16)22-15-30-24(27-22)14-21(28)12-18-7-6-8-19(11-18)13-23(29)20-9-4-3-5-10-20/h6-8,11,15,20H,3-5,9-10,12-14H2,1-2H3. The molecule has 0 aliphatic heterocycles. The van der Waals surface area contributed by atoms with Gasteiger partial charge in [0.05, 0.1) is 27.7 Å². The summed E-state index contributed by atoms with van der Waals surface area (Å²) < 4.78 is 0. The van der Waals surface area contributed by atoms with Crippen molar-refractivity contribution >= 4 is 34.2 Å². The number of carbonyl (C=O) groups excluding carboxylic acids is 2. The van der Waals surface area contributed by atoms with Gasteiger partial charge in [-0.1, -0.05) is 43.5 Å². The molecule has 2 aromatic heterocycles. The maximum atomic E-state index is 12.7. The lowest BCUT2D eigenvalue weighted by Crippen LogP contribution is -2.19. The van der Waals surface area contributed by atoms with Gasteiger partial charge in [-0.15, -0.1) is 22.7 Å². The molecule has 1 saturated carbocycles. The zero-order chi connectivity index (χ0) is 21.8. The molecule has 0 unspecified atom stereocenters. The molecule has 1 aliphatic carbocycles. The van der Waals surface area contributed by atoms with Crippen LogP contribution in [0.5, 0.6) is 0 Å². The normalized spacial score (nSPS) is 14.6. The molecule has 162 valence electrons. The number of Topliss-reactive ketones (excluding diaryl/α,β-unsaturated/α-hetero) is 2. The Hall–Kier alpha value is -2.18. The summed E-state index contributed by atoms with van der Waals surface area (Å²) in [5.74, 6) is 0.727. The van der Waals surface area contributed by atoms with E-state index in [0.717, 1.165) is 50.2 Å². The van der Waals surface area contributed by atoms with Crippen LogP contribution < -0.4 is 0 Å². The van der Waals surface area contributed by atoms with Gasteiger partial charge in [-0.25, -0.2) is 9.97 Å². The summed E-state index contributed by atoms with van der Waals surface area (Å²) in [4.78, 5) is 35.5. The highest BCUT2D eigenvalue weighted by Crippen LogP contribution is 2.31. The zero-order valence-electron chi connectivity index (χ0n) is 18.1. The van der Waals surface area contributed by atoms with Gasteiger partial charge in [0.25, 0.3) is 0 Å². The van der Waals surface area contributed by atoms with Crippen molar-refractivity contribution in [2.24, 2.45) is 5.92 Å². The summed E-state index contributed by atoms with van der Waals surface area (Å²) in [6.45, 7) is 3.99. The molecular weight excluding hydrogens is 424 g/mol. The van der Waals surface area contributed by atoms with Gasteiger partial charge in [-0.3, -0.25) is 9.59 Å². The molecule has 0 amide bonds. The highest BCUT2D eigenvalue weighted by molar-refractivity contribution is 7.16. The number of rotatable bonds is 8. The summed E-state index contributed by atoms with van der Waals surface area (Å²) >= 11 is 3.17. The van der Waals surface area contributed by atoms with E-state index in [1.807, 2.05) is 43.5 Å². The lowest BCUT2D eigenvalue weighted by atomic mass is 9.84. The molecule has 0 radical (unpaired) electrons. The molecule has 2 heterocycles. The van der Waals surface area contributed by atoms with E-state index in [2.05, 4.69) is 9.97 Å². The van der Waals surface area contributed by atoms with Crippen LogP contribution in [0, 0.1) is 19.8 Å². The number of nitrogens with zero attached hydrogens (tertiary/aromatic N) is 2. The van der Waals surface area contributed by atoms with Crippen LogP contribution in [-0.2, 0) is 28.9 Å². The van der Waals surface area contributed by atoms with E-state index < -0.39 is 0 Å². The van der Waals surface area contributed by atoms with Crippen molar-refractivity contribution in [1.82, 2.24) is 9.97 Å². The molecule has 6 heteroatoms. The van der Waals surface area contributed by atoms with Gasteiger partial charge in [0.2, 0.25) is 0 Å². The Balaban J connectivity index is 1.35. The molecule has 0 saturated heterocycles. The van der Waals surface area contributed by atoms with Crippen LogP contribution in [0.3, 0.4) is 0 Å². The fourth-order valence-corrected chi connectivity index (χ4v) is 6.11. The van der Waals surface area contributed by atoms with Crippen LogP contribution in [0.1, 0.15) is 58.9 Å². The summed E-state index contributed by atoms with van der Waals surface area (Å²) in [5, 5.41) is 3.88. The van der Waals surface area contributed by atoms with Gasteiger partial charge >= 0.3 is 0 Å². The Labute approximate surface area is 191 Å². The van der Waals surface area contributed by atoms with E-state index in [0.29, 0.717) is 25.0 Å². The number of ketones is 2. The van der Waals surface area contributed by atoms with Crippen LogP contribution in [0.4, 0.5) is 0 Å². The average Bonchev–Trinajstić information content (AvgIpc) is 3.34. The summed E-state index contributed by atoms with van der Waals surface area (Å²) in [7, 11) is 0. The van der Waals surface area contributed by atoms with Crippen molar-refractivity contribution in [3.05, 3.63) is 56.5 Å². The third kappa shape index (κ3) is 5.74. The predicted molar refractivity (Wildman–Crippen MR) is 127 cm³/mol. The van der Waals surface area contributed by atoms with Crippen LogP contribution in [0.25, 0.3) is 10.6 Å². The predicted octanol–water partition coefficient (Wildman–Crippen LogP) is 5.93. The van der Waals surface area contributed by atoms with E-state index in [-0.39, 0.29) is 11.7 Å². The second-order valence-electron chi connectivity index (χ2n) is 8.46. The Morgan fingerprint density at radius 2 is 1.74 bits per heavy atom. The highest BCUT2D eigenvalue weighted by Gasteiger charge is 2.21. The number of hydrogen-bond acceptors (Lipinski definition) is 6. The molecule has 4 rings (SSSR count). The minimum Gasteiger partial charge on any atom is -0.299 e. The van der Waals surface area contributed by atoms with E-state index in [4.69, 9.17) is 0 Å². The zero-order valence-corrected chi connectivity index (χ0v) is 19.8. The van der Waals surface area contributed by atoms with Crippen molar-refractivity contribution in [2.75, 3.05) is 0 Å². The maximum absolute atomic E-state index is 12.7. The first-order chi connectivity index (χ1) is 15.0. The molecule has 1 aliphatic rings. The van der Waals surface area contributed by atoms with E-state index in [1.165, 1.54) is 30.6 Å². The first-order valence-corrected chi connectivity index (χ1v) is 12.7. The number of aromatic nitrogens is 2. The Kier molecular flexibility index (Phi) is 7.08. The van der Waals surface area contributed by atoms with E-state index in [1.54, 1.807) is 11.3 Å². The quantitative estimate of drug-likeness (QED) is 0.425. The Bertz CT molecular complexity index is 1080. The smallest absolute Gasteiger partial charge is 0.144 e. The van der Waals surface area contributed by atoms with E-state index in [9.17, 15) is 9.59 Å². The molecule has 0 bridgehead atoms. The third-order valence-corrected chi connectivity index (χ3v) is 7.81. The Morgan fingerprint density at radius 1 is 1.00 bits per heavy atom. The minimum absolute atomic E-state index is 0.147. The molecule has 1 aromatic carbocycles. The fourth-order valence-electron chi connectivity index (χ4n) is 4.34. The summed E-state index contributed by atoms with van der Waals surface area (Å²) in [5.41, 5.74) is 3.91. The van der Waals surface area contributed by atoms with Gasteiger partial charge in [0.1, 0.15) is 16.6 Å². The van der Waals surface area contributed by atoms with Gasteiger partial charge in [0.15, 0.2) is 0 Å². The van der Waals surface area contributed by atoms with Crippen molar-refractivity contribution in [3.8, 4) is 10.6 Å². The number of thiazole rings is 2. The Morgan fingerprint density at radius 3 is 2.45 bits per heavy atom. The highest BCUT2D eigenvalue weighted by atomic mass is 32.1. The molecule has 0 atom stereocenters. The summed E-state index contributed by atoms with van der Waals surface area (Å²) in [6, 6.07) is 7.96. The van der Waals surface area contributed by atoms with Crippen molar-refractivity contribution in [3.63, 3.8) is 0 Å². The first kappa shape index (κ1) is 22.0. The molecule has 4 nitrogen and oxygen atoms in total. The van der Waals surface area contributed by atoms with Crippen molar-refractivity contribution < 1.29 is 9.59 Å².